The Morgan fingerprint density at radius 3 is 2.62 bits per heavy atom. The van der Waals surface area contributed by atoms with Gasteiger partial charge in [0.2, 0.25) is 0 Å². The smallest absolute Gasteiger partial charge is 0.0589 e. The van der Waals surface area contributed by atoms with Crippen molar-refractivity contribution in [2.45, 2.75) is 39.2 Å². The lowest BCUT2D eigenvalue weighted by molar-refractivity contribution is 0.125. The molecule has 1 saturated heterocycles. The van der Waals surface area contributed by atoms with Crippen LogP contribution >= 0.6 is 0 Å². The third-order valence-electron chi connectivity index (χ3n) is 3.65. The first-order valence-corrected chi connectivity index (χ1v) is 6.71. The van der Waals surface area contributed by atoms with Crippen molar-refractivity contribution in [2.24, 2.45) is 5.92 Å². The molecule has 0 bridgehead atoms. The number of piperidine rings is 1. The van der Waals surface area contributed by atoms with Crippen molar-refractivity contribution in [3.05, 3.63) is 0 Å². The molecule has 1 fully saturated rings. The van der Waals surface area contributed by atoms with E-state index < -0.39 is 0 Å². The topological polar surface area (TPSA) is 24.5 Å². The Kier molecular flexibility index (Phi) is 7.01. The summed E-state index contributed by atoms with van der Waals surface area (Å²) in [6.07, 6.45) is 3.86. The van der Waals surface area contributed by atoms with Crippen LogP contribution in [-0.2, 0) is 4.74 Å². The Balaban J connectivity index is 2.07. The second-order valence-electron chi connectivity index (χ2n) is 5.03. The van der Waals surface area contributed by atoms with Gasteiger partial charge in [0.05, 0.1) is 6.61 Å². The van der Waals surface area contributed by atoms with Crippen molar-refractivity contribution in [3.8, 4) is 0 Å². The number of hydrogen-bond acceptors (Lipinski definition) is 3. The van der Waals surface area contributed by atoms with Gasteiger partial charge in [0, 0.05) is 19.7 Å². The van der Waals surface area contributed by atoms with Crippen molar-refractivity contribution in [1.82, 2.24) is 10.2 Å². The van der Waals surface area contributed by atoms with Crippen molar-refractivity contribution in [2.75, 3.05) is 39.9 Å². The predicted octanol–water partition coefficient (Wildman–Crippen LogP) is 1.73. The van der Waals surface area contributed by atoms with Gasteiger partial charge in [0.15, 0.2) is 0 Å². The molecule has 1 unspecified atom stereocenters. The Labute approximate surface area is 101 Å². The maximum Gasteiger partial charge on any atom is 0.0589 e. The van der Waals surface area contributed by atoms with Crippen LogP contribution in [0.5, 0.6) is 0 Å². The third-order valence-corrected chi connectivity index (χ3v) is 3.65. The lowest BCUT2D eigenvalue weighted by Gasteiger charge is -2.32. The van der Waals surface area contributed by atoms with Crippen LogP contribution in [0.1, 0.15) is 33.1 Å². The monoisotopic (exact) mass is 228 g/mol. The van der Waals surface area contributed by atoms with E-state index in [9.17, 15) is 0 Å². The second kappa shape index (κ2) is 8.04. The summed E-state index contributed by atoms with van der Waals surface area (Å²) in [6, 6.07) is 0.743. The second-order valence-corrected chi connectivity index (χ2v) is 5.03. The summed E-state index contributed by atoms with van der Waals surface area (Å²) in [6.45, 7) is 10.2. The molecule has 0 aromatic rings. The Bertz CT molecular complexity index is 167. The highest BCUT2D eigenvalue weighted by Crippen LogP contribution is 2.10. The van der Waals surface area contributed by atoms with E-state index in [1.54, 1.807) is 7.11 Å². The fraction of sp³-hybridized carbons (Fsp3) is 1.00. The minimum Gasteiger partial charge on any atom is -0.383 e. The SMILES string of the molecule is CCC(C)CNC1CCN(CCOC)CC1. The molecule has 1 atom stereocenters. The molecule has 1 aliphatic heterocycles. The van der Waals surface area contributed by atoms with E-state index in [4.69, 9.17) is 4.74 Å². The van der Waals surface area contributed by atoms with Crippen LogP contribution in [0, 0.1) is 5.92 Å². The fourth-order valence-corrected chi connectivity index (χ4v) is 2.09. The molecule has 0 aromatic heterocycles. The number of methoxy groups -OCH3 is 1. The quantitative estimate of drug-likeness (QED) is 0.718. The molecule has 0 spiro atoms. The van der Waals surface area contributed by atoms with E-state index in [2.05, 4.69) is 24.1 Å². The first-order valence-electron chi connectivity index (χ1n) is 6.71. The van der Waals surface area contributed by atoms with Crippen molar-refractivity contribution in [3.63, 3.8) is 0 Å². The van der Waals surface area contributed by atoms with Gasteiger partial charge in [0.1, 0.15) is 0 Å². The van der Waals surface area contributed by atoms with E-state index in [1.807, 2.05) is 0 Å². The molecule has 1 N–H and O–H groups in total. The van der Waals surface area contributed by atoms with Gasteiger partial charge in [-0.2, -0.15) is 0 Å². The summed E-state index contributed by atoms with van der Waals surface area (Å²) in [5, 5.41) is 3.69. The molecule has 1 rings (SSSR count). The highest BCUT2D eigenvalue weighted by atomic mass is 16.5. The molecular weight excluding hydrogens is 200 g/mol. The number of rotatable bonds is 7. The van der Waals surface area contributed by atoms with Crippen molar-refractivity contribution in [1.29, 1.82) is 0 Å². The first-order chi connectivity index (χ1) is 7.76. The van der Waals surface area contributed by atoms with Gasteiger partial charge < -0.3 is 15.0 Å². The number of nitrogens with one attached hydrogen (secondary N) is 1. The summed E-state index contributed by atoms with van der Waals surface area (Å²) < 4.78 is 5.11. The summed E-state index contributed by atoms with van der Waals surface area (Å²) in [5.41, 5.74) is 0. The van der Waals surface area contributed by atoms with Gasteiger partial charge in [-0.1, -0.05) is 20.3 Å². The number of nitrogens with zero attached hydrogens (tertiary/aromatic N) is 1. The molecule has 0 saturated carbocycles. The van der Waals surface area contributed by atoms with Crippen molar-refractivity contribution < 1.29 is 4.74 Å². The molecule has 0 aromatic carbocycles. The molecule has 0 amide bonds. The highest BCUT2D eigenvalue weighted by Gasteiger charge is 2.18. The predicted molar refractivity (Wildman–Crippen MR) is 68.8 cm³/mol. The van der Waals surface area contributed by atoms with Gasteiger partial charge >= 0.3 is 0 Å². The van der Waals surface area contributed by atoms with Gasteiger partial charge in [-0.3, -0.25) is 0 Å². The molecule has 3 heteroatoms. The van der Waals surface area contributed by atoms with Crippen LogP contribution < -0.4 is 5.32 Å². The van der Waals surface area contributed by atoms with E-state index in [1.165, 1.54) is 38.9 Å². The van der Waals surface area contributed by atoms with Crippen LogP contribution in [0.3, 0.4) is 0 Å². The van der Waals surface area contributed by atoms with E-state index in [0.29, 0.717) is 0 Å². The minimum atomic E-state index is 0.743. The summed E-state index contributed by atoms with van der Waals surface area (Å²) in [7, 11) is 1.78. The summed E-state index contributed by atoms with van der Waals surface area (Å²) >= 11 is 0. The van der Waals surface area contributed by atoms with Crippen LogP contribution in [-0.4, -0.2) is 50.8 Å². The van der Waals surface area contributed by atoms with Gasteiger partial charge in [-0.15, -0.1) is 0 Å². The largest absolute Gasteiger partial charge is 0.383 e. The maximum absolute atomic E-state index is 5.11. The average Bonchev–Trinajstić information content (AvgIpc) is 2.34. The lowest BCUT2D eigenvalue weighted by atomic mass is 10.0. The molecule has 16 heavy (non-hydrogen) atoms. The Hall–Kier alpha value is -0.120. The fourth-order valence-electron chi connectivity index (χ4n) is 2.09. The van der Waals surface area contributed by atoms with Crippen LogP contribution in [0.15, 0.2) is 0 Å². The number of hydrogen-bond donors (Lipinski definition) is 1. The molecule has 3 nitrogen and oxygen atoms in total. The maximum atomic E-state index is 5.11. The van der Waals surface area contributed by atoms with Gasteiger partial charge in [-0.25, -0.2) is 0 Å². The average molecular weight is 228 g/mol. The first kappa shape index (κ1) is 13.9. The van der Waals surface area contributed by atoms with Crippen molar-refractivity contribution >= 4 is 0 Å². The standard InChI is InChI=1S/C13H28N2O/c1-4-12(2)11-14-13-5-7-15(8-6-13)9-10-16-3/h12-14H,4-11H2,1-3H3. The molecule has 1 heterocycles. The lowest BCUT2D eigenvalue weighted by Crippen LogP contribution is -2.44. The zero-order valence-corrected chi connectivity index (χ0v) is 11.2. The third kappa shape index (κ3) is 5.28. The van der Waals surface area contributed by atoms with Gasteiger partial charge in [0.25, 0.3) is 0 Å². The zero-order chi connectivity index (χ0) is 11.8. The molecule has 0 aliphatic carbocycles. The molecule has 1 aliphatic rings. The summed E-state index contributed by atoms with van der Waals surface area (Å²) in [4.78, 5) is 2.50. The number of likely N-dealkylation sites (tertiary alicyclic amines) is 1. The number of ether oxygens (including phenoxy) is 1. The normalized spacial score (nSPS) is 21.2. The highest BCUT2D eigenvalue weighted by molar-refractivity contribution is 4.77. The van der Waals surface area contributed by atoms with Crippen LogP contribution in [0.2, 0.25) is 0 Å². The Morgan fingerprint density at radius 1 is 1.38 bits per heavy atom. The Morgan fingerprint density at radius 2 is 2.06 bits per heavy atom. The van der Waals surface area contributed by atoms with E-state index in [-0.39, 0.29) is 0 Å². The van der Waals surface area contributed by atoms with Crippen LogP contribution in [0.25, 0.3) is 0 Å². The minimum absolute atomic E-state index is 0.743. The zero-order valence-electron chi connectivity index (χ0n) is 11.2. The van der Waals surface area contributed by atoms with Crippen LogP contribution in [0.4, 0.5) is 0 Å². The molecule has 0 radical (unpaired) electrons. The van der Waals surface area contributed by atoms with E-state index >= 15 is 0 Å². The van der Waals surface area contributed by atoms with E-state index in [0.717, 1.165) is 25.1 Å². The van der Waals surface area contributed by atoms with Gasteiger partial charge in [-0.05, 0) is 38.4 Å². The molecule has 96 valence electrons. The molecular formula is C13H28N2O. The summed E-state index contributed by atoms with van der Waals surface area (Å²) in [5.74, 6) is 0.812.